The molecular weight excluding hydrogens is 426 g/mol. The van der Waals surface area contributed by atoms with Gasteiger partial charge in [-0.3, -0.25) is 14.7 Å². The summed E-state index contributed by atoms with van der Waals surface area (Å²) in [5, 5.41) is 14.6. The zero-order valence-corrected chi connectivity index (χ0v) is 18.0. The highest BCUT2D eigenvalue weighted by molar-refractivity contribution is 7.99. The second-order valence-electron chi connectivity index (χ2n) is 6.42. The number of furan rings is 1. The number of nitrogens with one attached hydrogen (secondary N) is 2. The molecule has 3 rings (SSSR count). The van der Waals surface area contributed by atoms with Crippen molar-refractivity contribution in [3.8, 4) is 11.4 Å². The predicted molar refractivity (Wildman–Crippen MR) is 115 cm³/mol. The largest absolute Gasteiger partial charge is 0.467 e. The number of carbonyl (C=O) groups excluding carboxylic acids is 2. The number of carbonyl (C=O) groups is 2. The molecule has 158 valence electrons. The smallest absolute Gasteiger partial charge is 0.321 e. The Morgan fingerprint density at radius 2 is 2.00 bits per heavy atom. The molecule has 0 atom stereocenters. The van der Waals surface area contributed by atoms with Crippen LogP contribution in [-0.4, -0.2) is 39.0 Å². The molecule has 0 aliphatic carbocycles. The standard InChI is InChI=1S/C20H22ClN5O3S/c1-2-3-10-22-19(28)23-17(27)13-30-20-25-24-18(14-6-8-15(21)9-7-14)26(20)12-16-5-4-11-29-16/h4-9,11H,2-3,10,12-13H2,1H3,(H2,22,23,27,28). The van der Waals surface area contributed by atoms with Crippen molar-refractivity contribution in [1.29, 1.82) is 0 Å². The maximum Gasteiger partial charge on any atom is 0.321 e. The van der Waals surface area contributed by atoms with E-state index in [0.717, 1.165) is 24.2 Å². The van der Waals surface area contributed by atoms with E-state index in [4.69, 9.17) is 16.0 Å². The van der Waals surface area contributed by atoms with Crippen molar-refractivity contribution in [2.75, 3.05) is 12.3 Å². The van der Waals surface area contributed by atoms with E-state index < -0.39 is 11.9 Å². The maximum absolute atomic E-state index is 12.1. The summed E-state index contributed by atoms with van der Waals surface area (Å²) >= 11 is 7.18. The van der Waals surface area contributed by atoms with Gasteiger partial charge >= 0.3 is 6.03 Å². The lowest BCUT2D eigenvalue weighted by Crippen LogP contribution is -2.40. The maximum atomic E-state index is 12.1. The third-order valence-electron chi connectivity index (χ3n) is 4.11. The number of hydrogen-bond donors (Lipinski definition) is 2. The first-order valence-electron chi connectivity index (χ1n) is 9.48. The van der Waals surface area contributed by atoms with Gasteiger partial charge in [0.1, 0.15) is 5.76 Å². The minimum Gasteiger partial charge on any atom is -0.467 e. The minimum atomic E-state index is -0.493. The summed E-state index contributed by atoms with van der Waals surface area (Å²) in [5.41, 5.74) is 0.838. The number of halogens is 1. The minimum absolute atomic E-state index is 0.0259. The van der Waals surface area contributed by atoms with Crippen LogP contribution in [0.5, 0.6) is 0 Å². The fraction of sp³-hybridized carbons (Fsp3) is 0.300. The van der Waals surface area contributed by atoms with E-state index in [9.17, 15) is 9.59 Å². The Morgan fingerprint density at radius 3 is 2.70 bits per heavy atom. The van der Waals surface area contributed by atoms with Crippen LogP contribution in [0.25, 0.3) is 11.4 Å². The van der Waals surface area contributed by atoms with Gasteiger partial charge in [-0.05, 0) is 42.8 Å². The van der Waals surface area contributed by atoms with Crippen molar-refractivity contribution in [1.82, 2.24) is 25.4 Å². The highest BCUT2D eigenvalue weighted by Crippen LogP contribution is 2.26. The second-order valence-corrected chi connectivity index (χ2v) is 7.80. The van der Waals surface area contributed by atoms with Crippen molar-refractivity contribution in [3.05, 3.63) is 53.4 Å². The van der Waals surface area contributed by atoms with E-state index in [1.54, 1.807) is 24.5 Å². The average molecular weight is 448 g/mol. The summed E-state index contributed by atoms with van der Waals surface area (Å²) in [6.45, 7) is 2.96. The first-order valence-corrected chi connectivity index (χ1v) is 10.8. The van der Waals surface area contributed by atoms with Gasteiger partial charge in [-0.1, -0.05) is 36.7 Å². The molecule has 1 aromatic carbocycles. The number of unbranched alkanes of at least 4 members (excludes halogenated alkanes) is 1. The summed E-state index contributed by atoms with van der Waals surface area (Å²) in [7, 11) is 0. The predicted octanol–water partition coefficient (Wildman–Crippen LogP) is 3.96. The number of thioether (sulfide) groups is 1. The number of urea groups is 1. The fourth-order valence-electron chi connectivity index (χ4n) is 2.62. The van der Waals surface area contributed by atoms with Crippen LogP contribution in [0.3, 0.4) is 0 Å². The van der Waals surface area contributed by atoms with E-state index in [2.05, 4.69) is 20.8 Å². The van der Waals surface area contributed by atoms with Gasteiger partial charge in [0.25, 0.3) is 0 Å². The van der Waals surface area contributed by atoms with Gasteiger partial charge in [0, 0.05) is 17.1 Å². The molecule has 3 aromatic rings. The Morgan fingerprint density at radius 1 is 1.20 bits per heavy atom. The van der Waals surface area contributed by atoms with E-state index in [0.29, 0.717) is 29.1 Å². The van der Waals surface area contributed by atoms with Crippen molar-refractivity contribution in [2.45, 2.75) is 31.5 Å². The van der Waals surface area contributed by atoms with Gasteiger partial charge < -0.3 is 9.73 Å². The normalized spacial score (nSPS) is 10.7. The molecule has 0 fully saturated rings. The van der Waals surface area contributed by atoms with Crippen LogP contribution in [0.15, 0.2) is 52.2 Å². The van der Waals surface area contributed by atoms with Crippen LogP contribution >= 0.6 is 23.4 Å². The average Bonchev–Trinajstić information content (AvgIpc) is 3.38. The number of rotatable bonds is 9. The van der Waals surface area contributed by atoms with Crippen molar-refractivity contribution in [3.63, 3.8) is 0 Å². The second kappa shape index (κ2) is 10.8. The quantitative estimate of drug-likeness (QED) is 0.380. The van der Waals surface area contributed by atoms with Crippen LogP contribution in [0, 0.1) is 0 Å². The number of amides is 3. The Kier molecular flexibility index (Phi) is 7.92. The lowest BCUT2D eigenvalue weighted by Gasteiger charge is -2.09. The summed E-state index contributed by atoms with van der Waals surface area (Å²) in [4.78, 5) is 23.8. The van der Waals surface area contributed by atoms with Gasteiger partial charge in [-0.15, -0.1) is 10.2 Å². The molecule has 30 heavy (non-hydrogen) atoms. The molecule has 0 saturated carbocycles. The Hall–Kier alpha value is -2.78. The van der Waals surface area contributed by atoms with E-state index in [1.165, 1.54) is 11.8 Å². The van der Waals surface area contributed by atoms with Crippen molar-refractivity contribution < 1.29 is 14.0 Å². The summed E-state index contributed by atoms with van der Waals surface area (Å²) < 4.78 is 7.32. The molecule has 2 N–H and O–H groups in total. The zero-order chi connectivity index (χ0) is 21.3. The van der Waals surface area contributed by atoms with Crippen LogP contribution < -0.4 is 10.6 Å². The van der Waals surface area contributed by atoms with Gasteiger partial charge in [-0.2, -0.15) is 0 Å². The van der Waals surface area contributed by atoms with Crippen LogP contribution in [-0.2, 0) is 11.3 Å². The molecule has 10 heteroatoms. The molecular formula is C20H22ClN5O3S. The Balaban J connectivity index is 1.70. The molecule has 0 spiro atoms. The first kappa shape index (κ1) is 21.9. The van der Waals surface area contributed by atoms with E-state index in [1.807, 2.05) is 29.7 Å². The Bertz CT molecular complexity index is 973. The van der Waals surface area contributed by atoms with Crippen LogP contribution in [0.1, 0.15) is 25.5 Å². The molecule has 3 amide bonds. The molecule has 8 nitrogen and oxygen atoms in total. The van der Waals surface area contributed by atoms with Crippen molar-refractivity contribution in [2.24, 2.45) is 0 Å². The molecule has 2 heterocycles. The highest BCUT2D eigenvalue weighted by atomic mass is 35.5. The zero-order valence-electron chi connectivity index (χ0n) is 16.4. The summed E-state index contributed by atoms with van der Waals surface area (Å²) in [6.07, 6.45) is 3.42. The number of nitrogens with zero attached hydrogens (tertiary/aromatic N) is 3. The summed E-state index contributed by atoms with van der Waals surface area (Å²) in [5.74, 6) is 0.974. The molecule has 0 aliphatic heterocycles. The molecule has 0 bridgehead atoms. The molecule has 0 aliphatic rings. The van der Waals surface area contributed by atoms with Gasteiger partial charge in [-0.25, -0.2) is 4.79 Å². The number of aromatic nitrogens is 3. The SMILES string of the molecule is CCCCNC(=O)NC(=O)CSc1nnc(-c2ccc(Cl)cc2)n1Cc1ccco1. The Labute approximate surface area is 183 Å². The molecule has 0 radical (unpaired) electrons. The van der Waals surface area contributed by atoms with Gasteiger partial charge in [0.15, 0.2) is 11.0 Å². The lowest BCUT2D eigenvalue weighted by molar-refractivity contribution is -0.117. The third kappa shape index (κ3) is 6.11. The first-order chi connectivity index (χ1) is 14.6. The van der Waals surface area contributed by atoms with Crippen LogP contribution in [0.2, 0.25) is 5.02 Å². The topological polar surface area (TPSA) is 102 Å². The van der Waals surface area contributed by atoms with Crippen molar-refractivity contribution >= 4 is 35.3 Å². The molecule has 2 aromatic heterocycles. The number of hydrogen-bond acceptors (Lipinski definition) is 6. The monoisotopic (exact) mass is 447 g/mol. The van der Waals surface area contributed by atoms with Crippen LogP contribution in [0.4, 0.5) is 4.79 Å². The molecule has 0 saturated heterocycles. The van der Waals surface area contributed by atoms with Gasteiger partial charge in [0.05, 0.1) is 18.6 Å². The van der Waals surface area contributed by atoms with E-state index >= 15 is 0 Å². The number of imide groups is 1. The summed E-state index contributed by atoms with van der Waals surface area (Å²) in [6, 6.07) is 10.4. The van der Waals surface area contributed by atoms with E-state index in [-0.39, 0.29) is 5.75 Å². The highest BCUT2D eigenvalue weighted by Gasteiger charge is 2.17. The van der Waals surface area contributed by atoms with Gasteiger partial charge in [0.2, 0.25) is 5.91 Å². The third-order valence-corrected chi connectivity index (χ3v) is 5.33. The molecule has 0 unspecified atom stereocenters. The fourth-order valence-corrected chi connectivity index (χ4v) is 3.49. The number of benzene rings is 1. The lowest BCUT2D eigenvalue weighted by atomic mass is 10.2.